The first-order valence-corrected chi connectivity index (χ1v) is 5.93. The number of hydrogen-bond donors (Lipinski definition) is 0. The van der Waals surface area contributed by atoms with E-state index in [0.29, 0.717) is 5.02 Å². The van der Waals surface area contributed by atoms with Gasteiger partial charge >= 0.3 is 0 Å². The molecule has 2 rings (SSSR count). The van der Waals surface area contributed by atoms with E-state index < -0.39 is 0 Å². The van der Waals surface area contributed by atoms with E-state index in [9.17, 15) is 0 Å². The number of halogens is 2. The van der Waals surface area contributed by atoms with Crippen LogP contribution in [0, 0.1) is 3.70 Å². The normalized spacial score (nSPS) is 12.7. The summed E-state index contributed by atoms with van der Waals surface area (Å²) in [6.07, 6.45) is 5.46. The summed E-state index contributed by atoms with van der Waals surface area (Å²) in [4.78, 5) is 8.46. The predicted octanol–water partition coefficient (Wildman–Crippen LogP) is 3.15. The highest BCUT2D eigenvalue weighted by Crippen LogP contribution is 2.17. The Morgan fingerprint density at radius 2 is 2.20 bits per heavy atom. The van der Waals surface area contributed by atoms with Gasteiger partial charge in [0.2, 0.25) is 0 Å². The van der Waals surface area contributed by atoms with Gasteiger partial charge in [-0.15, -0.1) is 0 Å². The summed E-state index contributed by atoms with van der Waals surface area (Å²) in [5.74, 6) is 0. The van der Waals surface area contributed by atoms with Gasteiger partial charge in [-0.1, -0.05) is 11.6 Å². The molecule has 0 aromatic carbocycles. The highest BCUT2D eigenvalue weighted by atomic mass is 127. The minimum Gasteiger partial charge on any atom is -0.328 e. The number of imidazole rings is 1. The fraction of sp³-hybridized carbons (Fsp3) is 0.200. The third-order valence-electron chi connectivity index (χ3n) is 2.20. The monoisotopic (exact) mass is 333 g/mol. The van der Waals surface area contributed by atoms with E-state index in [-0.39, 0.29) is 6.04 Å². The van der Waals surface area contributed by atoms with Gasteiger partial charge in [0.25, 0.3) is 0 Å². The molecular formula is C10H9ClIN3. The highest BCUT2D eigenvalue weighted by molar-refractivity contribution is 14.1. The van der Waals surface area contributed by atoms with E-state index >= 15 is 0 Å². The van der Waals surface area contributed by atoms with E-state index in [0.717, 1.165) is 9.39 Å². The zero-order valence-electron chi connectivity index (χ0n) is 8.06. The van der Waals surface area contributed by atoms with Crippen LogP contribution < -0.4 is 0 Å². The number of rotatable bonds is 2. The van der Waals surface area contributed by atoms with Crippen LogP contribution in [-0.4, -0.2) is 14.5 Å². The summed E-state index contributed by atoms with van der Waals surface area (Å²) in [7, 11) is 0. The molecule has 0 saturated carbocycles. The Morgan fingerprint density at radius 3 is 2.73 bits per heavy atom. The van der Waals surface area contributed by atoms with Gasteiger partial charge < -0.3 is 4.57 Å². The van der Waals surface area contributed by atoms with Crippen LogP contribution in [-0.2, 0) is 0 Å². The first kappa shape index (κ1) is 10.9. The molecule has 15 heavy (non-hydrogen) atoms. The van der Waals surface area contributed by atoms with Gasteiger partial charge in [0.05, 0.1) is 23.1 Å². The van der Waals surface area contributed by atoms with Gasteiger partial charge in [0, 0.05) is 12.4 Å². The molecule has 0 N–H and O–H groups in total. The van der Waals surface area contributed by atoms with Gasteiger partial charge in [-0.3, -0.25) is 4.98 Å². The van der Waals surface area contributed by atoms with Crippen molar-refractivity contribution in [3.05, 3.63) is 45.3 Å². The average Bonchev–Trinajstić information content (AvgIpc) is 2.65. The van der Waals surface area contributed by atoms with Crippen LogP contribution in [0.4, 0.5) is 0 Å². The standard InChI is InChI=1S/C10H9ClIN3/c1-7(15-5-10(12)14-6-15)9-3-2-8(11)4-13-9/h2-7H,1H3. The van der Waals surface area contributed by atoms with E-state index in [1.54, 1.807) is 6.20 Å². The van der Waals surface area contributed by atoms with E-state index in [1.807, 2.05) is 29.2 Å². The van der Waals surface area contributed by atoms with Crippen LogP contribution in [0.3, 0.4) is 0 Å². The Balaban J connectivity index is 2.28. The summed E-state index contributed by atoms with van der Waals surface area (Å²) in [6.45, 7) is 2.08. The molecule has 2 aromatic heterocycles. The van der Waals surface area contributed by atoms with Crippen molar-refractivity contribution in [1.82, 2.24) is 14.5 Å². The van der Waals surface area contributed by atoms with E-state index in [1.165, 1.54) is 0 Å². The third-order valence-corrected chi connectivity index (χ3v) is 2.98. The minimum atomic E-state index is 0.179. The van der Waals surface area contributed by atoms with Gasteiger partial charge in [-0.2, -0.15) is 0 Å². The molecule has 0 amide bonds. The molecule has 78 valence electrons. The van der Waals surface area contributed by atoms with Crippen LogP contribution in [0.2, 0.25) is 5.02 Å². The predicted molar refractivity (Wildman–Crippen MR) is 68.0 cm³/mol. The van der Waals surface area contributed by atoms with Crippen molar-refractivity contribution in [2.45, 2.75) is 13.0 Å². The Labute approximate surface area is 107 Å². The first-order chi connectivity index (χ1) is 7.16. The zero-order chi connectivity index (χ0) is 10.8. The maximum absolute atomic E-state index is 5.78. The van der Waals surface area contributed by atoms with Crippen LogP contribution in [0.25, 0.3) is 0 Å². The lowest BCUT2D eigenvalue weighted by Gasteiger charge is -2.11. The summed E-state index contributed by atoms with van der Waals surface area (Å²) in [5.41, 5.74) is 0.980. The number of aromatic nitrogens is 3. The molecule has 0 aliphatic rings. The molecule has 2 aromatic rings. The number of nitrogens with zero attached hydrogens (tertiary/aromatic N) is 3. The maximum Gasteiger partial charge on any atom is 0.119 e. The molecule has 5 heteroatoms. The fourth-order valence-corrected chi connectivity index (χ4v) is 1.87. The van der Waals surface area contributed by atoms with Crippen LogP contribution >= 0.6 is 34.2 Å². The second-order valence-corrected chi connectivity index (χ2v) is 4.76. The lowest BCUT2D eigenvalue weighted by atomic mass is 10.2. The van der Waals surface area contributed by atoms with Crippen LogP contribution in [0.1, 0.15) is 18.7 Å². The van der Waals surface area contributed by atoms with Gasteiger partial charge in [0.15, 0.2) is 0 Å². The Kier molecular flexibility index (Phi) is 3.25. The van der Waals surface area contributed by atoms with Crippen molar-refractivity contribution >= 4 is 34.2 Å². The number of pyridine rings is 1. The molecule has 0 spiro atoms. The summed E-state index contributed by atoms with van der Waals surface area (Å²) in [5, 5.41) is 0.658. The second-order valence-electron chi connectivity index (χ2n) is 3.22. The fourth-order valence-electron chi connectivity index (χ4n) is 1.31. The summed E-state index contributed by atoms with van der Waals surface area (Å²) < 4.78 is 3.01. The van der Waals surface area contributed by atoms with E-state index in [2.05, 4.69) is 39.5 Å². The molecule has 3 nitrogen and oxygen atoms in total. The molecule has 1 atom stereocenters. The smallest absolute Gasteiger partial charge is 0.119 e. The quantitative estimate of drug-likeness (QED) is 0.791. The maximum atomic E-state index is 5.78. The summed E-state index contributed by atoms with van der Waals surface area (Å²) >= 11 is 7.97. The van der Waals surface area contributed by atoms with Crippen molar-refractivity contribution in [3.63, 3.8) is 0 Å². The Morgan fingerprint density at radius 1 is 1.40 bits per heavy atom. The third kappa shape index (κ3) is 2.49. The molecule has 1 unspecified atom stereocenters. The Bertz CT molecular complexity index is 452. The van der Waals surface area contributed by atoms with Gasteiger partial charge in [-0.05, 0) is 41.6 Å². The molecule has 0 aliphatic carbocycles. The van der Waals surface area contributed by atoms with Crippen molar-refractivity contribution < 1.29 is 0 Å². The molecule has 0 radical (unpaired) electrons. The van der Waals surface area contributed by atoms with E-state index in [4.69, 9.17) is 11.6 Å². The Hall–Kier alpha value is -0.620. The summed E-state index contributed by atoms with van der Waals surface area (Å²) in [6, 6.07) is 3.96. The largest absolute Gasteiger partial charge is 0.328 e. The molecule has 0 aliphatic heterocycles. The molecule has 0 saturated heterocycles. The lowest BCUT2D eigenvalue weighted by Crippen LogP contribution is -2.05. The van der Waals surface area contributed by atoms with Crippen LogP contribution in [0.15, 0.2) is 30.9 Å². The first-order valence-electron chi connectivity index (χ1n) is 4.47. The van der Waals surface area contributed by atoms with Crippen LogP contribution in [0.5, 0.6) is 0 Å². The second kappa shape index (κ2) is 4.49. The lowest BCUT2D eigenvalue weighted by molar-refractivity contribution is 0.620. The molecule has 0 bridgehead atoms. The van der Waals surface area contributed by atoms with Gasteiger partial charge in [0.1, 0.15) is 3.70 Å². The highest BCUT2D eigenvalue weighted by Gasteiger charge is 2.08. The van der Waals surface area contributed by atoms with Crippen molar-refractivity contribution in [1.29, 1.82) is 0 Å². The van der Waals surface area contributed by atoms with Crippen molar-refractivity contribution in [2.75, 3.05) is 0 Å². The van der Waals surface area contributed by atoms with Crippen molar-refractivity contribution in [3.8, 4) is 0 Å². The van der Waals surface area contributed by atoms with Gasteiger partial charge in [-0.25, -0.2) is 4.98 Å². The molecule has 0 fully saturated rings. The average molecular weight is 334 g/mol. The minimum absolute atomic E-state index is 0.179. The SMILES string of the molecule is CC(c1ccc(Cl)cn1)n1cnc(I)c1. The molecule has 2 heterocycles. The zero-order valence-corrected chi connectivity index (χ0v) is 11.0. The van der Waals surface area contributed by atoms with Crippen molar-refractivity contribution in [2.24, 2.45) is 0 Å². The molecular weight excluding hydrogens is 324 g/mol. The number of hydrogen-bond acceptors (Lipinski definition) is 2. The topological polar surface area (TPSA) is 30.7 Å².